The molecule has 0 bridgehead atoms. The van der Waals surface area contributed by atoms with E-state index in [1.165, 1.54) is 12.3 Å². The molecule has 6 heteroatoms. The number of morpholine rings is 1. The Hall–Kier alpha value is -0.910. The monoisotopic (exact) mass is 274 g/mol. The number of pyridine rings is 1. The molecule has 0 aliphatic carbocycles. The standard InChI is InChI=1S/C12H16ClFN2O2/c1-12(2)7-15-5-9(18-12)6-17-11-10(14)3-8(13)4-16-11/h3-4,9,15H,5-7H2,1-2H3. The first kappa shape index (κ1) is 13.5. The highest BCUT2D eigenvalue weighted by Gasteiger charge is 2.28. The molecule has 0 aromatic carbocycles. The lowest BCUT2D eigenvalue weighted by Crippen LogP contribution is -2.52. The van der Waals surface area contributed by atoms with Crippen LogP contribution in [-0.4, -0.2) is 36.4 Å². The Balaban J connectivity index is 1.91. The van der Waals surface area contributed by atoms with E-state index in [1.54, 1.807) is 0 Å². The van der Waals surface area contributed by atoms with Crippen molar-refractivity contribution in [1.82, 2.24) is 10.3 Å². The number of hydrogen-bond acceptors (Lipinski definition) is 4. The van der Waals surface area contributed by atoms with Crippen molar-refractivity contribution in [2.24, 2.45) is 0 Å². The maximum atomic E-state index is 13.4. The average molecular weight is 275 g/mol. The van der Waals surface area contributed by atoms with Crippen LogP contribution in [0.2, 0.25) is 5.02 Å². The van der Waals surface area contributed by atoms with Crippen LogP contribution in [0.1, 0.15) is 13.8 Å². The van der Waals surface area contributed by atoms with Crippen molar-refractivity contribution in [2.45, 2.75) is 25.6 Å². The van der Waals surface area contributed by atoms with Gasteiger partial charge in [0, 0.05) is 19.3 Å². The van der Waals surface area contributed by atoms with E-state index in [2.05, 4.69) is 10.3 Å². The molecular formula is C12H16ClFN2O2. The molecule has 2 heterocycles. The van der Waals surface area contributed by atoms with E-state index in [0.29, 0.717) is 6.54 Å². The molecule has 1 aliphatic heterocycles. The van der Waals surface area contributed by atoms with Gasteiger partial charge in [-0.2, -0.15) is 0 Å². The van der Waals surface area contributed by atoms with Crippen molar-refractivity contribution in [1.29, 1.82) is 0 Å². The number of nitrogens with one attached hydrogen (secondary N) is 1. The Kier molecular flexibility index (Phi) is 4.04. The summed E-state index contributed by atoms with van der Waals surface area (Å²) in [6.07, 6.45) is 1.23. The van der Waals surface area contributed by atoms with E-state index in [-0.39, 0.29) is 29.2 Å². The lowest BCUT2D eigenvalue weighted by molar-refractivity contribution is -0.107. The molecule has 1 N–H and O–H groups in total. The smallest absolute Gasteiger partial charge is 0.250 e. The third kappa shape index (κ3) is 3.54. The van der Waals surface area contributed by atoms with Crippen LogP contribution in [0, 0.1) is 5.82 Å². The molecule has 0 spiro atoms. The summed E-state index contributed by atoms with van der Waals surface area (Å²) in [4.78, 5) is 3.79. The largest absolute Gasteiger partial charge is 0.473 e. The highest BCUT2D eigenvalue weighted by molar-refractivity contribution is 6.30. The molecule has 1 aromatic heterocycles. The second kappa shape index (κ2) is 5.38. The van der Waals surface area contributed by atoms with Crippen LogP contribution in [0.4, 0.5) is 4.39 Å². The van der Waals surface area contributed by atoms with Crippen LogP contribution >= 0.6 is 11.6 Å². The first-order valence-electron chi connectivity index (χ1n) is 5.79. The van der Waals surface area contributed by atoms with Crippen molar-refractivity contribution in [3.63, 3.8) is 0 Å². The molecule has 1 unspecified atom stereocenters. The van der Waals surface area contributed by atoms with Gasteiger partial charge in [-0.25, -0.2) is 9.37 Å². The van der Waals surface area contributed by atoms with E-state index in [4.69, 9.17) is 21.1 Å². The summed E-state index contributed by atoms with van der Waals surface area (Å²) in [5, 5.41) is 3.49. The second-order valence-corrected chi connectivity index (χ2v) is 5.32. The molecule has 0 radical (unpaired) electrons. The summed E-state index contributed by atoms with van der Waals surface area (Å²) in [7, 11) is 0. The van der Waals surface area contributed by atoms with Gasteiger partial charge in [0.05, 0.1) is 10.6 Å². The molecule has 4 nitrogen and oxygen atoms in total. The van der Waals surface area contributed by atoms with Gasteiger partial charge >= 0.3 is 0 Å². The Morgan fingerprint density at radius 2 is 2.44 bits per heavy atom. The number of ether oxygens (including phenoxy) is 2. The molecular weight excluding hydrogens is 259 g/mol. The molecule has 100 valence electrons. The third-order valence-electron chi connectivity index (χ3n) is 2.59. The summed E-state index contributed by atoms with van der Waals surface area (Å²) >= 11 is 5.61. The minimum Gasteiger partial charge on any atom is -0.473 e. The lowest BCUT2D eigenvalue weighted by Gasteiger charge is -2.36. The highest BCUT2D eigenvalue weighted by Crippen LogP contribution is 2.19. The SMILES string of the molecule is CC1(C)CNCC(COc2ncc(Cl)cc2F)O1. The van der Waals surface area contributed by atoms with Gasteiger partial charge < -0.3 is 14.8 Å². The Morgan fingerprint density at radius 1 is 1.67 bits per heavy atom. The van der Waals surface area contributed by atoms with Crippen LogP contribution in [0.15, 0.2) is 12.3 Å². The minimum absolute atomic E-state index is 0.0496. The van der Waals surface area contributed by atoms with Gasteiger partial charge in [0.1, 0.15) is 12.7 Å². The van der Waals surface area contributed by atoms with Crippen LogP contribution < -0.4 is 10.1 Å². The van der Waals surface area contributed by atoms with Gasteiger partial charge in [-0.1, -0.05) is 11.6 Å². The summed E-state index contributed by atoms with van der Waals surface area (Å²) in [6.45, 7) is 5.71. The number of hydrogen-bond donors (Lipinski definition) is 1. The van der Waals surface area contributed by atoms with Crippen molar-refractivity contribution in [2.75, 3.05) is 19.7 Å². The molecule has 1 saturated heterocycles. The van der Waals surface area contributed by atoms with Crippen molar-refractivity contribution >= 4 is 11.6 Å². The number of nitrogens with zero attached hydrogens (tertiary/aromatic N) is 1. The molecule has 2 rings (SSSR count). The van der Waals surface area contributed by atoms with Crippen molar-refractivity contribution in [3.8, 4) is 5.88 Å². The molecule has 1 aromatic rings. The van der Waals surface area contributed by atoms with Gasteiger partial charge in [0.25, 0.3) is 5.88 Å². The Morgan fingerprint density at radius 3 is 3.11 bits per heavy atom. The molecule has 1 aliphatic rings. The van der Waals surface area contributed by atoms with Crippen LogP contribution in [0.5, 0.6) is 5.88 Å². The predicted octanol–water partition coefficient (Wildman–Crippen LogP) is 2.02. The highest BCUT2D eigenvalue weighted by atomic mass is 35.5. The first-order valence-corrected chi connectivity index (χ1v) is 6.16. The fourth-order valence-corrected chi connectivity index (χ4v) is 1.99. The molecule has 0 saturated carbocycles. The normalized spacial score (nSPS) is 22.8. The quantitative estimate of drug-likeness (QED) is 0.916. The maximum Gasteiger partial charge on any atom is 0.250 e. The fourth-order valence-electron chi connectivity index (χ4n) is 1.84. The maximum absolute atomic E-state index is 13.4. The van der Waals surface area contributed by atoms with E-state index in [9.17, 15) is 4.39 Å². The summed E-state index contributed by atoms with van der Waals surface area (Å²) in [5.74, 6) is -0.614. The molecule has 0 amide bonds. The molecule has 18 heavy (non-hydrogen) atoms. The zero-order valence-corrected chi connectivity index (χ0v) is 11.1. The topological polar surface area (TPSA) is 43.4 Å². The van der Waals surface area contributed by atoms with Crippen molar-refractivity contribution < 1.29 is 13.9 Å². The van der Waals surface area contributed by atoms with Gasteiger partial charge in [-0.15, -0.1) is 0 Å². The van der Waals surface area contributed by atoms with Crippen LogP contribution in [0.3, 0.4) is 0 Å². The Bertz CT molecular complexity index is 429. The predicted molar refractivity (Wildman–Crippen MR) is 66.5 cm³/mol. The van der Waals surface area contributed by atoms with E-state index in [1.807, 2.05) is 13.8 Å². The van der Waals surface area contributed by atoms with E-state index < -0.39 is 5.82 Å². The zero-order chi connectivity index (χ0) is 13.2. The van der Waals surface area contributed by atoms with Crippen LogP contribution in [-0.2, 0) is 4.74 Å². The lowest BCUT2D eigenvalue weighted by atomic mass is 10.1. The number of halogens is 2. The fraction of sp³-hybridized carbons (Fsp3) is 0.583. The summed E-state index contributed by atoms with van der Waals surface area (Å²) in [6, 6.07) is 1.17. The first-order chi connectivity index (χ1) is 8.46. The van der Waals surface area contributed by atoms with Gasteiger partial charge in [-0.3, -0.25) is 0 Å². The minimum atomic E-state index is -0.564. The van der Waals surface area contributed by atoms with Crippen LogP contribution in [0.25, 0.3) is 0 Å². The van der Waals surface area contributed by atoms with Gasteiger partial charge in [-0.05, 0) is 19.9 Å². The number of aromatic nitrogens is 1. The summed E-state index contributed by atoms with van der Waals surface area (Å²) in [5.41, 5.74) is -0.238. The van der Waals surface area contributed by atoms with Gasteiger partial charge in [0.2, 0.25) is 0 Å². The Labute approximate surface area is 110 Å². The average Bonchev–Trinajstić information content (AvgIpc) is 2.26. The van der Waals surface area contributed by atoms with Crippen molar-refractivity contribution in [3.05, 3.63) is 23.1 Å². The molecule has 1 fully saturated rings. The number of rotatable bonds is 3. The molecule has 1 atom stereocenters. The van der Waals surface area contributed by atoms with Gasteiger partial charge in [0.15, 0.2) is 5.82 Å². The van der Waals surface area contributed by atoms with E-state index >= 15 is 0 Å². The summed E-state index contributed by atoms with van der Waals surface area (Å²) < 4.78 is 24.5. The zero-order valence-electron chi connectivity index (χ0n) is 10.4. The third-order valence-corrected chi connectivity index (χ3v) is 2.80. The van der Waals surface area contributed by atoms with E-state index in [0.717, 1.165) is 6.54 Å². The second-order valence-electron chi connectivity index (χ2n) is 4.88.